The van der Waals surface area contributed by atoms with Crippen LogP contribution >= 0.6 is 0 Å². The predicted octanol–water partition coefficient (Wildman–Crippen LogP) is 5.28. The molecule has 0 saturated heterocycles. The summed E-state index contributed by atoms with van der Waals surface area (Å²) in [4.78, 5) is 28.5. The van der Waals surface area contributed by atoms with Gasteiger partial charge in [0.15, 0.2) is 0 Å². The molecule has 1 atom stereocenters. The molecule has 0 aliphatic carbocycles. The first-order valence-electron chi connectivity index (χ1n) is 13.6. The summed E-state index contributed by atoms with van der Waals surface area (Å²) in [6.07, 6.45) is 0.233. The summed E-state index contributed by atoms with van der Waals surface area (Å²) in [7, 11) is -4.33. The fourth-order valence-electron chi connectivity index (χ4n) is 4.30. The third kappa shape index (κ3) is 8.51. The van der Waals surface area contributed by atoms with Crippen LogP contribution < -0.4 is 14.4 Å². The van der Waals surface area contributed by atoms with E-state index in [0.29, 0.717) is 17.9 Å². The fourth-order valence-corrected chi connectivity index (χ4v) is 5.71. The van der Waals surface area contributed by atoms with Gasteiger partial charge in [0.25, 0.3) is 10.0 Å². The van der Waals surface area contributed by atoms with Crippen molar-refractivity contribution >= 4 is 27.5 Å². The predicted molar refractivity (Wildman–Crippen MR) is 157 cm³/mol. The third-order valence-electron chi connectivity index (χ3n) is 6.27. The number of carbonyl (C=O) groups excluding carboxylic acids is 2. The number of sulfonamides is 1. The molecule has 0 aliphatic heterocycles. The molecule has 3 aromatic carbocycles. The molecule has 0 aliphatic rings. The summed E-state index contributed by atoms with van der Waals surface area (Å²) >= 11 is 0. The van der Waals surface area contributed by atoms with Crippen LogP contribution in [-0.4, -0.2) is 49.9 Å². The number of nitrogens with one attached hydrogen (secondary N) is 1. The normalized spacial score (nSPS) is 12.4. The first-order chi connectivity index (χ1) is 19.7. The molecule has 1 N–H and O–H groups in total. The Morgan fingerprint density at radius 2 is 1.43 bits per heavy atom. The van der Waals surface area contributed by atoms with Gasteiger partial charge < -0.3 is 15.0 Å². The minimum Gasteiger partial charge on any atom is -0.494 e. The molecular weight excluding hydrogens is 564 g/mol. The van der Waals surface area contributed by atoms with Gasteiger partial charge >= 0.3 is 0 Å². The van der Waals surface area contributed by atoms with Gasteiger partial charge in [-0.05, 0) is 100 Å². The Labute approximate surface area is 246 Å². The van der Waals surface area contributed by atoms with Gasteiger partial charge in [-0.3, -0.25) is 13.9 Å². The molecule has 8 nitrogen and oxygen atoms in total. The highest BCUT2D eigenvalue weighted by atomic mass is 32.2. The standard InChI is InChI=1S/C31H37F2N3O5S/c1-6-28(30(38)34-31(3,4)5)35(20-22-8-10-23(32)11-9-22)29(37)21-36(25-14-12-24(33)13-15-25)42(39,40)27-18-16-26(17-19-27)41-7-2/h8-19,28H,6-7,20-21H2,1-5H3,(H,34,38)/t28-/m0/s1. The Morgan fingerprint density at radius 3 is 1.93 bits per heavy atom. The Bertz CT molecular complexity index is 1460. The highest BCUT2D eigenvalue weighted by Gasteiger charge is 2.34. The number of ether oxygens (including phenoxy) is 1. The molecule has 226 valence electrons. The maximum atomic E-state index is 14.0. The van der Waals surface area contributed by atoms with Crippen LogP contribution in [0.4, 0.5) is 14.5 Å². The zero-order valence-corrected chi connectivity index (χ0v) is 25.3. The summed E-state index contributed by atoms with van der Waals surface area (Å²) in [5, 5.41) is 2.89. The van der Waals surface area contributed by atoms with E-state index < -0.39 is 51.6 Å². The topological polar surface area (TPSA) is 96.0 Å². The number of anilines is 1. The number of amides is 2. The highest BCUT2D eigenvalue weighted by molar-refractivity contribution is 7.92. The molecular formula is C31H37F2N3O5S. The average Bonchev–Trinajstić information content (AvgIpc) is 2.92. The van der Waals surface area contributed by atoms with Gasteiger partial charge in [0.1, 0.15) is 30.0 Å². The molecule has 2 amide bonds. The zero-order valence-electron chi connectivity index (χ0n) is 24.4. The van der Waals surface area contributed by atoms with Crippen molar-refractivity contribution in [2.75, 3.05) is 17.5 Å². The number of nitrogens with zero attached hydrogens (tertiary/aromatic N) is 2. The average molecular weight is 602 g/mol. The molecule has 0 radical (unpaired) electrons. The van der Waals surface area contributed by atoms with Crippen molar-refractivity contribution < 1.29 is 31.5 Å². The van der Waals surface area contributed by atoms with Crippen molar-refractivity contribution in [2.24, 2.45) is 0 Å². The number of hydrogen-bond donors (Lipinski definition) is 1. The van der Waals surface area contributed by atoms with Crippen LogP contribution in [0.15, 0.2) is 77.7 Å². The molecule has 0 bridgehead atoms. The van der Waals surface area contributed by atoms with E-state index in [4.69, 9.17) is 4.74 Å². The quantitative estimate of drug-likeness (QED) is 0.305. The number of benzene rings is 3. The van der Waals surface area contributed by atoms with Crippen LogP contribution in [0, 0.1) is 11.6 Å². The van der Waals surface area contributed by atoms with Crippen molar-refractivity contribution in [3.05, 3.63) is 90.0 Å². The largest absolute Gasteiger partial charge is 0.494 e. The molecule has 3 rings (SSSR count). The highest BCUT2D eigenvalue weighted by Crippen LogP contribution is 2.26. The fraction of sp³-hybridized carbons (Fsp3) is 0.355. The van der Waals surface area contributed by atoms with Crippen LogP contribution in [-0.2, 0) is 26.2 Å². The van der Waals surface area contributed by atoms with Crippen molar-refractivity contribution in [3.8, 4) is 5.75 Å². The Morgan fingerprint density at radius 1 is 0.881 bits per heavy atom. The Hall–Kier alpha value is -3.99. The molecule has 0 saturated carbocycles. The summed E-state index contributed by atoms with van der Waals surface area (Å²) < 4.78 is 61.5. The van der Waals surface area contributed by atoms with Gasteiger partial charge in [0.2, 0.25) is 11.8 Å². The summed E-state index contributed by atoms with van der Waals surface area (Å²) in [6.45, 7) is 8.61. The van der Waals surface area contributed by atoms with E-state index >= 15 is 0 Å². The minimum atomic E-state index is -4.33. The minimum absolute atomic E-state index is 0.0626. The van der Waals surface area contributed by atoms with E-state index in [-0.39, 0.29) is 23.5 Å². The summed E-state index contributed by atoms with van der Waals surface area (Å²) in [6, 6.07) is 15.0. The van der Waals surface area contributed by atoms with Gasteiger partial charge in [-0.15, -0.1) is 0 Å². The number of rotatable bonds is 12. The molecule has 3 aromatic rings. The Balaban J connectivity index is 2.05. The van der Waals surface area contributed by atoms with Gasteiger partial charge in [0, 0.05) is 12.1 Å². The van der Waals surface area contributed by atoms with Gasteiger partial charge in [0.05, 0.1) is 17.2 Å². The SMILES string of the molecule is CCOc1ccc(S(=O)(=O)N(CC(=O)N(Cc2ccc(F)cc2)[C@@H](CC)C(=O)NC(C)(C)C)c2ccc(F)cc2)cc1. The number of carbonyl (C=O) groups is 2. The lowest BCUT2D eigenvalue weighted by Gasteiger charge is -2.34. The Kier molecular flexibility index (Phi) is 10.7. The van der Waals surface area contributed by atoms with Crippen LogP contribution in [0.1, 0.15) is 46.6 Å². The van der Waals surface area contributed by atoms with Crippen LogP contribution in [0.5, 0.6) is 5.75 Å². The number of hydrogen-bond acceptors (Lipinski definition) is 5. The van der Waals surface area contributed by atoms with Gasteiger partial charge in [-0.2, -0.15) is 0 Å². The van der Waals surface area contributed by atoms with E-state index in [1.54, 1.807) is 13.8 Å². The van der Waals surface area contributed by atoms with Crippen LogP contribution in [0.3, 0.4) is 0 Å². The molecule has 0 unspecified atom stereocenters. The van der Waals surface area contributed by atoms with Crippen molar-refractivity contribution in [1.29, 1.82) is 0 Å². The van der Waals surface area contributed by atoms with Crippen molar-refractivity contribution in [2.45, 2.75) is 64.1 Å². The van der Waals surface area contributed by atoms with Gasteiger partial charge in [-0.1, -0.05) is 19.1 Å². The van der Waals surface area contributed by atoms with E-state index in [9.17, 15) is 26.8 Å². The zero-order chi connectivity index (χ0) is 31.1. The second-order valence-corrected chi connectivity index (χ2v) is 12.6. The molecule has 0 spiro atoms. The van der Waals surface area contributed by atoms with E-state index in [1.807, 2.05) is 20.8 Å². The lowest BCUT2D eigenvalue weighted by molar-refractivity contribution is -0.141. The second kappa shape index (κ2) is 13.8. The molecule has 0 aromatic heterocycles. The second-order valence-electron chi connectivity index (χ2n) is 10.7. The molecule has 42 heavy (non-hydrogen) atoms. The third-order valence-corrected chi connectivity index (χ3v) is 8.05. The van der Waals surface area contributed by atoms with Crippen molar-refractivity contribution in [1.82, 2.24) is 10.2 Å². The smallest absolute Gasteiger partial charge is 0.264 e. The summed E-state index contributed by atoms with van der Waals surface area (Å²) in [5.41, 5.74) is 0.0219. The van der Waals surface area contributed by atoms with E-state index in [1.165, 1.54) is 65.6 Å². The lowest BCUT2D eigenvalue weighted by Crippen LogP contribution is -2.55. The molecule has 11 heteroatoms. The lowest BCUT2D eigenvalue weighted by atomic mass is 10.1. The van der Waals surface area contributed by atoms with Crippen LogP contribution in [0.2, 0.25) is 0 Å². The molecule has 0 heterocycles. The molecule has 0 fully saturated rings. The first-order valence-corrected chi connectivity index (χ1v) is 15.1. The van der Waals surface area contributed by atoms with E-state index in [2.05, 4.69) is 5.32 Å². The van der Waals surface area contributed by atoms with E-state index in [0.717, 1.165) is 16.4 Å². The maximum Gasteiger partial charge on any atom is 0.264 e. The maximum absolute atomic E-state index is 14.0. The summed E-state index contributed by atoms with van der Waals surface area (Å²) in [5.74, 6) is -1.65. The first kappa shape index (κ1) is 32.5. The number of halogens is 2. The van der Waals surface area contributed by atoms with Crippen LogP contribution in [0.25, 0.3) is 0 Å². The van der Waals surface area contributed by atoms with Crippen molar-refractivity contribution in [3.63, 3.8) is 0 Å². The monoisotopic (exact) mass is 601 g/mol. The van der Waals surface area contributed by atoms with Gasteiger partial charge in [-0.25, -0.2) is 17.2 Å².